The summed E-state index contributed by atoms with van der Waals surface area (Å²) in [7, 11) is 0. The lowest BCUT2D eigenvalue weighted by molar-refractivity contribution is 0.208. The Balaban J connectivity index is 1.99. The van der Waals surface area contributed by atoms with Crippen molar-refractivity contribution < 1.29 is 9.50 Å². The second-order valence-electron chi connectivity index (χ2n) is 4.78. The number of aliphatic hydroxyl groups is 1. The summed E-state index contributed by atoms with van der Waals surface area (Å²) < 4.78 is 13.9. The molecule has 0 aliphatic carbocycles. The zero-order chi connectivity index (χ0) is 14.8. The van der Waals surface area contributed by atoms with Crippen LogP contribution in [-0.4, -0.2) is 27.7 Å². The summed E-state index contributed by atoms with van der Waals surface area (Å²) in [5, 5.41) is 12.5. The smallest absolute Gasteiger partial charge is 0.147 e. The Labute approximate surface area is 125 Å². The molecule has 4 nitrogen and oxygen atoms in total. The molecule has 0 bridgehead atoms. The van der Waals surface area contributed by atoms with Crippen LogP contribution in [0.5, 0.6) is 0 Å². The van der Waals surface area contributed by atoms with Crippen LogP contribution in [0, 0.1) is 5.82 Å². The Hall–Kier alpha value is -2.05. The van der Waals surface area contributed by atoms with Crippen LogP contribution in [0.1, 0.15) is 6.92 Å². The number of nitrogens with zero attached hydrogens (tertiary/aromatic N) is 2. The van der Waals surface area contributed by atoms with Gasteiger partial charge in [0.1, 0.15) is 18.0 Å². The Bertz CT molecular complexity index is 755. The molecule has 1 atom stereocenters. The fourth-order valence-electron chi connectivity index (χ4n) is 1.98. The first-order valence-electron chi connectivity index (χ1n) is 6.56. The van der Waals surface area contributed by atoms with Gasteiger partial charge in [-0.1, -0.05) is 12.1 Å². The van der Waals surface area contributed by atoms with Gasteiger partial charge in [-0.25, -0.2) is 14.4 Å². The molecule has 0 unspecified atom stereocenters. The fourth-order valence-corrected chi connectivity index (χ4v) is 3.06. The van der Waals surface area contributed by atoms with E-state index in [4.69, 9.17) is 0 Å². The maximum absolute atomic E-state index is 13.0. The normalized spacial score (nSPS) is 12.5. The molecule has 0 aliphatic heterocycles. The number of anilines is 1. The first kappa shape index (κ1) is 13.9. The molecule has 0 fully saturated rings. The van der Waals surface area contributed by atoms with E-state index in [1.54, 1.807) is 30.4 Å². The first-order valence-corrected chi connectivity index (χ1v) is 7.37. The van der Waals surface area contributed by atoms with E-state index in [0.717, 1.165) is 20.7 Å². The molecule has 2 heterocycles. The Morgan fingerprint density at radius 1 is 1.29 bits per heavy atom. The number of aliphatic hydroxyl groups excluding tert-OH is 1. The molecular formula is C15H14FN3OS. The summed E-state index contributed by atoms with van der Waals surface area (Å²) in [6.07, 6.45) is 1.04. The van der Waals surface area contributed by atoms with Crippen molar-refractivity contribution in [3.8, 4) is 10.4 Å². The van der Waals surface area contributed by atoms with Crippen molar-refractivity contribution in [3.63, 3.8) is 0 Å². The van der Waals surface area contributed by atoms with Crippen molar-refractivity contribution >= 4 is 27.4 Å². The van der Waals surface area contributed by atoms with Crippen LogP contribution in [0.15, 0.2) is 36.7 Å². The summed E-state index contributed by atoms with van der Waals surface area (Å²) >= 11 is 1.54. The highest BCUT2D eigenvalue weighted by Gasteiger charge is 2.10. The van der Waals surface area contributed by atoms with Crippen molar-refractivity contribution in [2.75, 3.05) is 11.9 Å². The highest BCUT2D eigenvalue weighted by atomic mass is 32.1. The van der Waals surface area contributed by atoms with Crippen molar-refractivity contribution in [1.29, 1.82) is 0 Å². The van der Waals surface area contributed by atoms with Crippen LogP contribution >= 0.6 is 11.3 Å². The maximum Gasteiger partial charge on any atom is 0.147 e. The van der Waals surface area contributed by atoms with Gasteiger partial charge in [0.25, 0.3) is 0 Å². The molecule has 0 radical (unpaired) electrons. The van der Waals surface area contributed by atoms with E-state index < -0.39 is 6.10 Å². The molecule has 2 N–H and O–H groups in total. The van der Waals surface area contributed by atoms with Crippen molar-refractivity contribution in [2.24, 2.45) is 0 Å². The van der Waals surface area contributed by atoms with Crippen LogP contribution in [0.4, 0.5) is 10.2 Å². The molecule has 0 spiro atoms. The van der Waals surface area contributed by atoms with Gasteiger partial charge in [0.05, 0.1) is 16.3 Å². The van der Waals surface area contributed by atoms with E-state index in [0.29, 0.717) is 12.4 Å². The lowest BCUT2D eigenvalue weighted by Crippen LogP contribution is -2.16. The largest absolute Gasteiger partial charge is 0.392 e. The summed E-state index contributed by atoms with van der Waals surface area (Å²) in [4.78, 5) is 9.48. The molecule has 6 heteroatoms. The average Bonchev–Trinajstić information content (AvgIpc) is 2.90. The molecule has 3 rings (SSSR count). The van der Waals surface area contributed by atoms with Gasteiger partial charge in [-0.3, -0.25) is 0 Å². The van der Waals surface area contributed by atoms with Crippen LogP contribution < -0.4 is 5.32 Å². The van der Waals surface area contributed by atoms with Crippen LogP contribution in [0.2, 0.25) is 0 Å². The number of halogens is 1. The second kappa shape index (κ2) is 5.75. The molecule has 0 saturated carbocycles. The van der Waals surface area contributed by atoms with Gasteiger partial charge < -0.3 is 10.4 Å². The summed E-state index contributed by atoms with van der Waals surface area (Å²) in [5.74, 6) is 0.457. The number of hydrogen-bond donors (Lipinski definition) is 2. The minimum atomic E-state index is -0.452. The van der Waals surface area contributed by atoms with Crippen LogP contribution in [0.25, 0.3) is 20.7 Å². The Morgan fingerprint density at radius 2 is 2.05 bits per heavy atom. The number of benzene rings is 1. The molecule has 21 heavy (non-hydrogen) atoms. The zero-order valence-corrected chi connectivity index (χ0v) is 12.2. The molecule has 0 amide bonds. The minimum Gasteiger partial charge on any atom is -0.392 e. The van der Waals surface area contributed by atoms with Crippen molar-refractivity contribution in [2.45, 2.75) is 13.0 Å². The quantitative estimate of drug-likeness (QED) is 0.776. The SMILES string of the molecule is C[C@@H](O)CNc1ncnc2cc(-c3ccc(F)cc3)sc12. The third kappa shape index (κ3) is 3.01. The van der Waals surface area contributed by atoms with Gasteiger partial charge in [0, 0.05) is 11.4 Å². The summed E-state index contributed by atoms with van der Waals surface area (Å²) in [6, 6.07) is 8.34. The number of rotatable bonds is 4. The number of thiophene rings is 1. The lowest BCUT2D eigenvalue weighted by Gasteiger charge is -2.07. The van der Waals surface area contributed by atoms with Crippen molar-refractivity contribution in [3.05, 3.63) is 42.5 Å². The van der Waals surface area contributed by atoms with E-state index in [1.807, 2.05) is 6.07 Å². The Morgan fingerprint density at radius 3 is 2.76 bits per heavy atom. The molecule has 1 aromatic carbocycles. The molecule has 108 valence electrons. The van der Waals surface area contributed by atoms with E-state index >= 15 is 0 Å². The average molecular weight is 303 g/mol. The summed E-state index contributed by atoms with van der Waals surface area (Å²) in [5.41, 5.74) is 1.78. The van der Waals surface area contributed by atoms with E-state index in [1.165, 1.54) is 18.5 Å². The lowest BCUT2D eigenvalue weighted by atomic mass is 10.2. The van der Waals surface area contributed by atoms with Gasteiger partial charge in [-0.15, -0.1) is 11.3 Å². The predicted octanol–water partition coefficient (Wildman–Crippen LogP) is 3.29. The molecular weight excluding hydrogens is 289 g/mol. The molecule has 0 aliphatic rings. The second-order valence-corrected chi connectivity index (χ2v) is 5.84. The minimum absolute atomic E-state index is 0.251. The van der Waals surface area contributed by atoms with Gasteiger partial charge in [-0.2, -0.15) is 0 Å². The monoisotopic (exact) mass is 303 g/mol. The highest BCUT2D eigenvalue weighted by Crippen LogP contribution is 2.35. The maximum atomic E-state index is 13.0. The van der Waals surface area contributed by atoms with Crippen LogP contribution in [0.3, 0.4) is 0 Å². The number of fused-ring (bicyclic) bond motifs is 1. The molecule has 0 saturated heterocycles. The third-order valence-corrected chi connectivity index (χ3v) is 4.18. The van der Waals surface area contributed by atoms with Gasteiger partial charge >= 0.3 is 0 Å². The molecule has 3 aromatic rings. The first-order chi connectivity index (χ1) is 10.1. The number of hydrogen-bond acceptors (Lipinski definition) is 5. The Kier molecular flexibility index (Phi) is 3.81. The van der Waals surface area contributed by atoms with E-state index in [2.05, 4.69) is 15.3 Å². The van der Waals surface area contributed by atoms with Gasteiger partial charge in [0.15, 0.2) is 0 Å². The van der Waals surface area contributed by atoms with E-state index in [-0.39, 0.29) is 5.82 Å². The van der Waals surface area contributed by atoms with Gasteiger partial charge in [0.2, 0.25) is 0 Å². The van der Waals surface area contributed by atoms with E-state index in [9.17, 15) is 9.50 Å². The fraction of sp³-hybridized carbons (Fsp3) is 0.200. The standard InChI is InChI=1S/C15H14FN3OS/c1-9(20)7-17-15-14-12(18-8-19-15)6-13(21-14)10-2-4-11(16)5-3-10/h2-6,8-9,20H,7H2,1H3,(H,17,18,19)/t9-/m1/s1. The predicted molar refractivity (Wildman–Crippen MR) is 83.0 cm³/mol. The van der Waals surface area contributed by atoms with Crippen molar-refractivity contribution in [1.82, 2.24) is 9.97 Å². The zero-order valence-electron chi connectivity index (χ0n) is 11.4. The molecule has 2 aromatic heterocycles. The highest BCUT2D eigenvalue weighted by molar-refractivity contribution is 7.22. The topological polar surface area (TPSA) is 58.0 Å². The van der Waals surface area contributed by atoms with Crippen LogP contribution in [-0.2, 0) is 0 Å². The van der Waals surface area contributed by atoms with Gasteiger partial charge in [-0.05, 0) is 30.7 Å². The third-order valence-electron chi connectivity index (χ3n) is 3.00. The number of nitrogens with one attached hydrogen (secondary N) is 1. The summed E-state index contributed by atoms with van der Waals surface area (Å²) in [6.45, 7) is 2.14. The number of aromatic nitrogens is 2.